The van der Waals surface area contributed by atoms with Gasteiger partial charge in [0.1, 0.15) is 6.61 Å². The van der Waals surface area contributed by atoms with Gasteiger partial charge in [0.25, 0.3) is 11.8 Å². The van der Waals surface area contributed by atoms with Gasteiger partial charge in [-0.1, -0.05) is 12.1 Å². The Hall–Kier alpha value is -2.21. The highest BCUT2D eigenvalue weighted by Gasteiger charge is 2.34. The van der Waals surface area contributed by atoms with Gasteiger partial charge >= 0.3 is 5.97 Å². The van der Waals surface area contributed by atoms with Crippen molar-refractivity contribution in [3.8, 4) is 0 Å². The molecule has 0 spiro atoms. The fraction of sp³-hybridized carbons (Fsp3) is 0.357. The largest absolute Gasteiger partial charge is 0.463 e. The molecule has 1 aliphatic rings. The van der Waals surface area contributed by atoms with E-state index >= 15 is 0 Å². The molecule has 0 fully saturated rings. The van der Waals surface area contributed by atoms with Crippen LogP contribution in [0.25, 0.3) is 0 Å². The smallest absolute Gasteiger partial charge is 0.302 e. The first-order valence-electron chi connectivity index (χ1n) is 6.27. The summed E-state index contributed by atoms with van der Waals surface area (Å²) in [6.07, 6.45) is 0. The molecule has 0 bridgehead atoms. The number of rotatable bonds is 6. The van der Waals surface area contributed by atoms with Crippen LogP contribution >= 0.6 is 0 Å². The van der Waals surface area contributed by atoms with E-state index in [1.807, 2.05) is 0 Å². The number of imide groups is 1. The number of fused-ring (bicyclic) bond motifs is 1. The van der Waals surface area contributed by atoms with Crippen LogP contribution in [-0.4, -0.2) is 49.0 Å². The molecule has 20 heavy (non-hydrogen) atoms. The molecular weight excluding hydrogens is 262 g/mol. The summed E-state index contributed by atoms with van der Waals surface area (Å²) in [7, 11) is 0. The molecule has 0 unspecified atom stereocenters. The highest BCUT2D eigenvalue weighted by atomic mass is 16.6. The van der Waals surface area contributed by atoms with Crippen LogP contribution in [-0.2, 0) is 14.3 Å². The van der Waals surface area contributed by atoms with E-state index in [1.54, 1.807) is 24.3 Å². The fourth-order valence-corrected chi connectivity index (χ4v) is 1.94. The van der Waals surface area contributed by atoms with Crippen molar-refractivity contribution >= 4 is 17.8 Å². The third-order valence-corrected chi connectivity index (χ3v) is 2.87. The molecule has 1 aromatic carbocycles. The number of carbonyl (C=O) groups is 3. The highest BCUT2D eigenvalue weighted by molar-refractivity contribution is 6.21. The van der Waals surface area contributed by atoms with Crippen molar-refractivity contribution in [3.05, 3.63) is 35.4 Å². The van der Waals surface area contributed by atoms with Crippen LogP contribution in [0, 0.1) is 0 Å². The monoisotopic (exact) mass is 277 g/mol. The number of hydrogen-bond donors (Lipinski definition) is 0. The molecule has 0 saturated heterocycles. The molecule has 1 aliphatic heterocycles. The summed E-state index contributed by atoms with van der Waals surface area (Å²) in [5.41, 5.74) is 0.856. The maximum atomic E-state index is 12.0. The Kier molecular flexibility index (Phi) is 4.47. The predicted molar refractivity (Wildman–Crippen MR) is 69.3 cm³/mol. The van der Waals surface area contributed by atoms with Crippen LogP contribution in [0.2, 0.25) is 0 Å². The topological polar surface area (TPSA) is 72.9 Å². The van der Waals surface area contributed by atoms with Crippen molar-refractivity contribution < 1.29 is 23.9 Å². The SMILES string of the molecule is CC(=O)OCCOCCN1C(=O)c2ccccc2C1=O. The highest BCUT2D eigenvalue weighted by Crippen LogP contribution is 2.21. The second-order valence-electron chi connectivity index (χ2n) is 4.26. The van der Waals surface area contributed by atoms with Crippen LogP contribution in [0.15, 0.2) is 24.3 Å². The van der Waals surface area contributed by atoms with Crippen molar-refractivity contribution in [1.29, 1.82) is 0 Å². The molecular formula is C14H15NO5. The minimum atomic E-state index is -0.367. The van der Waals surface area contributed by atoms with E-state index in [4.69, 9.17) is 9.47 Å². The molecule has 2 rings (SSSR count). The third kappa shape index (κ3) is 3.03. The Morgan fingerprint density at radius 2 is 1.65 bits per heavy atom. The van der Waals surface area contributed by atoms with Crippen LogP contribution in [0.1, 0.15) is 27.6 Å². The van der Waals surface area contributed by atoms with Crippen LogP contribution in [0.3, 0.4) is 0 Å². The molecule has 6 heteroatoms. The Bertz CT molecular complexity index is 505. The molecule has 0 saturated carbocycles. The van der Waals surface area contributed by atoms with Gasteiger partial charge in [0.2, 0.25) is 0 Å². The second kappa shape index (κ2) is 6.29. The number of nitrogens with zero attached hydrogens (tertiary/aromatic N) is 1. The van der Waals surface area contributed by atoms with Crippen molar-refractivity contribution in [2.75, 3.05) is 26.4 Å². The van der Waals surface area contributed by atoms with Gasteiger partial charge in [0.05, 0.1) is 30.9 Å². The fourth-order valence-electron chi connectivity index (χ4n) is 1.94. The van der Waals surface area contributed by atoms with Crippen molar-refractivity contribution in [2.24, 2.45) is 0 Å². The van der Waals surface area contributed by atoms with Crippen molar-refractivity contribution in [3.63, 3.8) is 0 Å². The van der Waals surface area contributed by atoms with Crippen LogP contribution in [0.4, 0.5) is 0 Å². The zero-order chi connectivity index (χ0) is 14.5. The summed E-state index contributed by atoms with van der Waals surface area (Å²) in [5.74, 6) is -0.961. The van der Waals surface area contributed by atoms with Gasteiger partial charge in [0.15, 0.2) is 0 Å². The van der Waals surface area contributed by atoms with Gasteiger partial charge in [-0.25, -0.2) is 0 Å². The molecule has 0 N–H and O–H groups in total. The minimum absolute atomic E-state index is 0.164. The van der Waals surface area contributed by atoms with Crippen LogP contribution in [0.5, 0.6) is 0 Å². The Labute approximate surface area is 116 Å². The van der Waals surface area contributed by atoms with Gasteiger partial charge in [-0.15, -0.1) is 0 Å². The Morgan fingerprint density at radius 1 is 1.05 bits per heavy atom. The number of amides is 2. The molecule has 6 nitrogen and oxygen atoms in total. The maximum absolute atomic E-state index is 12.0. The number of hydrogen-bond acceptors (Lipinski definition) is 5. The summed E-state index contributed by atoms with van der Waals surface area (Å²) in [4.78, 5) is 35.7. The summed E-state index contributed by atoms with van der Waals surface area (Å²) in [6.45, 7) is 2.12. The number of ether oxygens (including phenoxy) is 2. The van der Waals surface area contributed by atoms with E-state index in [0.717, 1.165) is 4.90 Å². The van der Waals surface area contributed by atoms with Gasteiger partial charge in [-0.2, -0.15) is 0 Å². The number of carbonyl (C=O) groups excluding carboxylic acids is 3. The van der Waals surface area contributed by atoms with E-state index in [9.17, 15) is 14.4 Å². The average molecular weight is 277 g/mol. The summed E-state index contributed by atoms with van der Waals surface area (Å²) in [5, 5.41) is 0. The zero-order valence-electron chi connectivity index (χ0n) is 11.1. The third-order valence-electron chi connectivity index (χ3n) is 2.87. The molecule has 0 aliphatic carbocycles. The maximum Gasteiger partial charge on any atom is 0.302 e. The lowest BCUT2D eigenvalue weighted by Crippen LogP contribution is -2.33. The van der Waals surface area contributed by atoms with Gasteiger partial charge in [-0.05, 0) is 12.1 Å². The summed E-state index contributed by atoms with van der Waals surface area (Å²) in [6, 6.07) is 6.72. The zero-order valence-corrected chi connectivity index (χ0v) is 11.1. The number of esters is 1. The van der Waals surface area contributed by atoms with E-state index in [1.165, 1.54) is 6.92 Å². The standard InChI is InChI=1S/C14H15NO5/c1-10(16)20-9-8-19-7-6-15-13(17)11-4-2-3-5-12(11)14(15)18/h2-5H,6-9H2,1H3. The number of benzene rings is 1. The van der Waals surface area contributed by atoms with Gasteiger partial charge in [-0.3, -0.25) is 19.3 Å². The van der Waals surface area contributed by atoms with E-state index in [0.29, 0.717) is 11.1 Å². The first-order chi connectivity index (χ1) is 9.61. The summed E-state index contributed by atoms with van der Waals surface area (Å²) >= 11 is 0. The Balaban J connectivity index is 1.79. The molecule has 1 aromatic rings. The average Bonchev–Trinajstić information content (AvgIpc) is 2.67. The molecule has 0 aromatic heterocycles. The normalized spacial score (nSPS) is 13.6. The minimum Gasteiger partial charge on any atom is -0.463 e. The van der Waals surface area contributed by atoms with E-state index in [2.05, 4.69) is 0 Å². The molecule has 1 heterocycles. The first-order valence-corrected chi connectivity index (χ1v) is 6.27. The Morgan fingerprint density at radius 3 is 2.20 bits per heavy atom. The lowest BCUT2D eigenvalue weighted by Gasteiger charge is -2.13. The molecule has 0 radical (unpaired) electrons. The molecule has 2 amide bonds. The predicted octanol–water partition coefficient (Wildman–Crippen LogP) is 0.862. The second-order valence-corrected chi connectivity index (χ2v) is 4.26. The van der Waals surface area contributed by atoms with E-state index in [-0.39, 0.29) is 44.1 Å². The van der Waals surface area contributed by atoms with Crippen molar-refractivity contribution in [1.82, 2.24) is 4.90 Å². The van der Waals surface area contributed by atoms with Gasteiger partial charge < -0.3 is 9.47 Å². The van der Waals surface area contributed by atoms with Crippen molar-refractivity contribution in [2.45, 2.75) is 6.92 Å². The lowest BCUT2D eigenvalue weighted by atomic mass is 10.1. The van der Waals surface area contributed by atoms with Crippen LogP contribution < -0.4 is 0 Å². The summed E-state index contributed by atoms with van der Waals surface area (Å²) < 4.78 is 9.91. The van der Waals surface area contributed by atoms with Gasteiger partial charge in [0, 0.05) is 6.92 Å². The quantitative estimate of drug-likeness (QED) is 0.438. The van der Waals surface area contributed by atoms with E-state index < -0.39 is 0 Å². The molecule has 0 atom stereocenters. The molecule has 106 valence electrons. The first kappa shape index (κ1) is 14.2. The lowest BCUT2D eigenvalue weighted by molar-refractivity contribution is -0.142.